The van der Waals surface area contributed by atoms with Crippen LogP contribution < -0.4 is 10.6 Å². The monoisotopic (exact) mass is 282 g/mol. The van der Waals surface area contributed by atoms with Gasteiger partial charge < -0.3 is 10.6 Å². The molecule has 0 saturated heterocycles. The number of carbonyl (C=O) groups is 1. The maximum absolute atomic E-state index is 11.8. The molecule has 3 nitrogen and oxygen atoms in total. The summed E-state index contributed by atoms with van der Waals surface area (Å²) in [6, 6.07) is 18.2. The molecule has 0 atom stereocenters. The first-order valence-corrected chi connectivity index (χ1v) is 7.41. The lowest BCUT2D eigenvalue weighted by atomic mass is 10.1. The standard InChI is InChI=1S/C18H22N2O/c1-2-15-8-10-17(11-9-15)20-18(21)12-13-19-14-16-6-4-3-5-7-16/h3-11,19H,2,12-14H2,1H3,(H,20,21). The minimum atomic E-state index is 0.0415. The number of amides is 1. The number of aryl methyl sites for hydroxylation is 1. The summed E-state index contributed by atoms with van der Waals surface area (Å²) in [6.07, 6.45) is 1.49. The van der Waals surface area contributed by atoms with Crippen LogP contribution in [0.5, 0.6) is 0 Å². The fraction of sp³-hybridized carbons (Fsp3) is 0.278. The van der Waals surface area contributed by atoms with E-state index in [1.54, 1.807) is 0 Å². The van der Waals surface area contributed by atoms with Gasteiger partial charge in [0, 0.05) is 25.2 Å². The molecule has 0 aliphatic rings. The highest BCUT2D eigenvalue weighted by Crippen LogP contribution is 2.10. The van der Waals surface area contributed by atoms with Gasteiger partial charge in [-0.25, -0.2) is 0 Å². The molecule has 0 heterocycles. The Balaban J connectivity index is 1.67. The summed E-state index contributed by atoms with van der Waals surface area (Å²) in [5.74, 6) is 0.0415. The van der Waals surface area contributed by atoms with Crippen LogP contribution in [0.25, 0.3) is 0 Å². The van der Waals surface area contributed by atoms with Crippen LogP contribution in [0.4, 0.5) is 5.69 Å². The van der Waals surface area contributed by atoms with Crippen molar-refractivity contribution in [1.29, 1.82) is 0 Å². The van der Waals surface area contributed by atoms with Crippen molar-refractivity contribution < 1.29 is 4.79 Å². The van der Waals surface area contributed by atoms with Crippen molar-refractivity contribution in [1.82, 2.24) is 5.32 Å². The fourth-order valence-electron chi connectivity index (χ4n) is 2.08. The molecule has 0 fully saturated rings. The molecule has 2 aromatic rings. The van der Waals surface area contributed by atoms with Crippen molar-refractivity contribution in [3.63, 3.8) is 0 Å². The van der Waals surface area contributed by atoms with E-state index < -0.39 is 0 Å². The van der Waals surface area contributed by atoms with Gasteiger partial charge in [0.15, 0.2) is 0 Å². The van der Waals surface area contributed by atoms with Crippen LogP contribution in [0.3, 0.4) is 0 Å². The van der Waals surface area contributed by atoms with Crippen molar-refractivity contribution in [2.75, 3.05) is 11.9 Å². The maximum Gasteiger partial charge on any atom is 0.225 e. The largest absolute Gasteiger partial charge is 0.326 e. The fourth-order valence-corrected chi connectivity index (χ4v) is 2.08. The van der Waals surface area contributed by atoms with Gasteiger partial charge in [-0.15, -0.1) is 0 Å². The molecule has 2 aromatic carbocycles. The van der Waals surface area contributed by atoms with Gasteiger partial charge in [-0.2, -0.15) is 0 Å². The van der Waals surface area contributed by atoms with E-state index in [4.69, 9.17) is 0 Å². The van der Waals surface area contributed by atoms with Crippen LogP contribution in [0.1, 0.15) is 24.5 Å². The number of carbonyl (C=O) groups excluding carboxylic acids is 1. The van der Waals surface area contributed by atoms with E-state index in [2.05, 4.69) is 29.7 Å². The van der Waals surface area contributed by atoms with Gasteiger partial charge in [-0.3, -0.25) is 4.79 Å². The molecule has 0 aliphatic carbocycles. The van der Waals surface area contributed by atoms with E-state index in [0.717, 1.165) is 18.7 Å². The summed E-state index contributed by atoms with van der Waals surface area (Å²) in [4.78, 5) is 11.8. The predicted octanol–water partition coefficient (Wildman–Crippen LogP) is 3.37. The molecule has 2 rings (SSSR count). The first kappa shape index (κ1) is 15.3. The van der Waals surface area contributed by atoms with Crippen LogP contribution in [0, 0.1) is 0 Å². The maximum atomic E-state index is 11.8. The lowest BCUT2D eigenvalue weighted by molar-refractivity contribution is -0.116. The Morgan fingerprint density at radius 3 is 2.33 bits per heavy atom. The third kappa shape index (κ3) is 5.40. The summed E-state index contributed by atoms with van der Waals surface area (Å²) in [6.45, 7) is 3.58. The molecular weight excluding hydrogens is 260 g/mol. The average Bonchev–Trinajstić information content (AvgIpc) is 2.53. The third-order valence-corrected chi connectivity index (χ3v) is 3.35. The molecule has 0 saturated carbocycles. The Morgan fingerprint density at radius 2 is 1.67 bits per heavy atom. The lowest BCUT2D eigenvalue weighted by Gasteiger charge is -2.07. The highest BCUT2D eigenvalue weighted by atomic mass is 16.1. The van der Waals surface area contributed by atoms with Crippen molar-refractivity contribution >= 4 is 11.6 Å². The Kier molecular flexibility index (Phi) is 5.98. The zero-order valence-electron chi connectivity index (χ0n) is 12.4. The van der Waals surface area contributed by atoms with Gasteiger partial charge >= 0.3 is 0 Å². The topological polar surface area (TPSA) is 41.1 Å². The van der Waals surface area contributed by atoms with E-state index >= 15 is 0 Å². The zero-order chi connectivity index (χ0) is 14.9. The lowest BCUT2D eigenvalue weighted by Crippen LogP contribution is -2.21. The summed E-state index contributed by atoms with van der Waals surface area (Å²) in [7, 11) is 0. The van der Waals surface area contributed by atoms with Crippen LogP contribution in [-0.4, -0.2) is 12.5 Å². The van der Waals surface area contributed by atoms with E-state index in [1.807, 2.05) is 42.5 Å². The van der Waals surface area contributed by atoms with E-state index in [-0.39, 0.29) is 5.91 Å². The highest BCUT2D eigenvalue weighted by Gasteiger charge is 2.02. The number of rotatable bonds is 7. The van der Waals surface area contributed by atoms with E-state index in [0.29, 0.717) is 13.0 Å². The van der Waals surface area contributed by atoms with Crippen LogP contribution >= 0.6 is 0 Å². The molecule has 1 amide bonds. The summed E-state index contributed by atoms with van der Waals surface area (Å²) < 4.78 is 0. The summed E-state index contributed by atoms with van der Waals surface area (Å²) in [5, 5.41) is 6.19. The molecular formula is C18H22N2O. The van der Waals surface area contributed by atoms with Gasteiger partial charge in [0.2, 0.25) is 5.91 Å². The van der Waals surface area contributed by atoms with E-state index in [9.17, 15) is 4.79 Å². The SMILES string of the molecule is CCc1ccc(NC(=O)CCNCc2ccccc2)cc1. The number of benzene rings is 2. The van der Waals surface area contributed by atoms with Gasteiger partial charge in [0.05, 0.1) is 0 Å². The second kappa shape index (κ2) is 8.22. The van der Waals surface area contributed by atoms with Crippen molar-refractivity contribution in [2.45, 2.75) is 26.3 Å². The first-order chi connectivity index (χ1) is 10.3. The van der Waals surface area contributed by atoms with Gasteiger partial charge in [-0.1, -0.05) is 49.4 Å². The smallest absolute Gasteiger partial charge is 0.225 e. The first-order valence-electron chi connectivity index (χ1n) is 7.41. The average molecular weight is 282 g/mol. The van der Waals surface area contributed by atoms with E-state index in [1.165, 1.54) is 11.1 Å². The molecule has 0 aliphatic heterocycles. The molecule has 3 heteroatoms. The van der Waals surface area contributed by atoms with Crippen molar-refractivity contribution in [3.05, 3.63) is 65.7 Å². The number of hydrogen-bond acceptors (Lipinski definition) is 2. The van der Waals surface area contributed by atoms with Crippen molar-refractivity contribution in [2.24, 2.45) is 0 Å². The van der Waals surface area contributed by atoms with Gasteiger partial charge in [-0.05, 0) is 29.7 Å². The number of anilines is 1. The molecule has 110 valence electrons. The molecule has 0 aromatic heterocycles. The molecule has 0 bridgehead atoms. The van der Waals surface area contributed by atoms with Gasteiger partial charge in [0.25, 0.3) is 0 Å². The Morgan fingerprint density at radius 1 is 0.952 bits per heavy atom. The quantitative estimate of drug-likeness (QED) is 0.764. The highest BCUT2D eigenvalue weighted by molar-refractivity contribution is 5.90. The second-order valence-electron chi connectivity index (χ2n) is 5.01. The molecule has 0 radical (unpaired) electrons. The summed E-state index contributed by atoms with van der Waals surface area (Å²) in [5.41, 5.74) is 3.37. The zero-order valence-corrected chi connectivity index (χ0v) is 12.4. The molecule has 2 N–H and O–H groups in total. The molecule has 0 unspecified atom stereocenters. The van der Waals surface area contributed by atoms with Crippen molar-refractivity contribution in [3.8, 4) is 0 Å². The van der Waals surface area contributed by atoms with Crippen LogP contribution in [0.2, 0.25) is 0 Å². The van der Waals surface area contributed by atoms with Crippen LogP contribution in [0.15, 0.2) is 54.6 Å². The summed E-state index contributed by atoms with van der Waals surface area (Å²) >= 11 is 0. The second-order valence-corrected chi connectivity index (χ2v) is 5.01. The Labute approximate surface area is 126 Å². The number of hydrogen-bond donors (Lipinski definition) is 2. The Bertz CT molecular complexity index is 549. The van der Waals surface area contributed by atoms with Gasteiger partial charge in [0.1, 0.15) is 0 Å². The number of nitrogens with one attached hydrogen (secondary N) is 2. The predicted molar refractivity (Wildman–Crippen MR) is 87.2 cm³/mol. The Hall–Kier alpha value is -2.13. The third-order valence-electron chi connectivity index (χ3n) is 3.35. The minimum absolute atomic E-state index is 0.0415. The molecule has 0 spiro atoms. The minimum Gasteiger partial charge on any atom is -0.326 e. The van der Waals surface area contributed by atoms with Crippen LogP contribution in [-0.2, 0) is 17.8 Å². The molecule has 21 heavy (non-hydrogen) atoms. The normalized spacial score (nSPS) is 10.3.